The van der Waals surface area contributed by atoms with Crippen molar-refractivity contribution in [3.8, 4) is 0 Å². The maximum Gasteiger partial charge on any atom is 0.0463 e. The van der Waals surface area contributed by atoms with Crippen LogP contribution >= 0.6 is 11.6 Å². The second-order valence-corrected chi connectivity index (χ2v) is 5.23. The van der Waals surface area contributed by atoms with E-state index in [1.807, 2.05) is 0 Å². The lowest BCUT2D eigenvalue weighted by Crippen LogP contribution is -2.32. The van der Waals surface area contributed by atoms with Crippen molar-refractivity contribution in [3.63, 3.8) is 0 Å². The highest BCUT2D eigenvalue weighted by Gasteiger charge is 2.15. The molecule has 0 radical (unpaired) electrons. The molecule has 0 aromatic heterocycles. The lowest BCUT2D eigenvalue weighted by atomic mass is 10.1. The lowest BCUT2D eigenvalue weighted by Gasteiger charge is -2.16. The normalized spacial score (nSPS) is 21.2. The maximum atomic E-state index is 6.19. The van der Waals surface area contributed by atoms with Gasteiger partial charge in [0.1, 0.15) is 0 Å². The molecule has 13 heavy (non-hydrogen) atoms. The second-order valence-electron chi connectivity index (χ2n) is 4.62. The quantitative estimate of drug-likeness (QED) is 0.677. The Morgan fingerprint density at radius 2 is 1.92 bits per heavy atom. The predicted molar refractivity (Wildman–Crippen MR) is 59.4 cm³/mol. The van der Waals surface area contributed by atoms with E-state index in [0.717, 1.165) is 19.0 Å². The Kier molecular flexibility index (Phi) is 5.12. The van der Waals surface area contributed by atoms with Gasteiger partial charge in [0.05, 0.1) is 0 Å². The van der Waals surface area contributed by atoms with Crippen LogP contribution in [0.15, 0.2) is 0 Å². The molecule has 0 amide bonds. The van der Waals surface area contributed by atoms with E-state index in [-0.39, 0.29) is 0 Å². The van der Waals surface area contributed by atoms with E-state index in [9.17, 15) is 0 Å². The minimum absolute atomic E-state index is 0.320. The Balaban J connectivity index is 2.03. The van der Waals surface area contributed by atoms with Crippen LogP contribution in [0.5, 0.6) is 0 Å². The van der Waals surface area contributed by atoms with Crippen molar-refractivity contribution >= 4 is 11.6 Å². The molecular formula is C11H22ClN. The van der Waals surface area contributed by atoms with Gasteiger partial charge in [0.15, 0.2) is 0 Å². The molecule has 1 aliphatic carbocycles. The van der Waals surface area contributed by atoms with E-state index in [0.29, 0.717) is 11.3 Å². The van der Waals surface area contributed by atoms with E-state index in [2.05, 4.69) is 19.2 Å². The van der Waals surface area contributed by atoms with E-state index in [4.69, 9.17) is 11.6 Å². The predicted octanol–water partition coefficient (Wildman–Crippen LogP) is 3.17. The minimum atomic E-state index is 0.320. The second kappa shape index (κ2) is 5.87. The van der Waals surface area contributed by atoms with E-state index in [1.165, 1.54) is 25.7 Å². The third-order valence-corrected chi connectivity index (χ3v) is 3.04. The van der Waals surface area contributed by atoms with Crippen LogP contribution in [0.3, 0.4) is 0 Å². The smallest absolute Gasteiger partial charge is 0.0463 e. The molecule has 0 aromatic rings. The van der Waals surface area contributed by atoms with Gasteiger partial charge in [-0.15, -0.1) is 11.6 Å². The molecule has 1 aliphatic rings. The molecule has 0 saturated heterocycles. The van der Waals surface area contributed by atoms with E-state index < -0.39 is 0 Å². The van der Waals surface area contributed by atoms with E-state index >= 15 is 0 Å². The lowest BCUT2D eigenvalue weighted by molar-refractivity contribution is 0.481. The summed E-state index contributed by atoms with van der Waals surface area (Å²) in [7, 11) is 0. The first-order chi connectivity index (χ1) is 6.18. The first-order valence-electron chi connectivity index (χ1n) is 5.56. The van der Waals surface area contributed by atoms with Gasteiger partial charge in [-0.3, -0.25) is 0 Å². The van der Waals surface area contributed by atoms with Crippen LogP contribution in [0.2, 0.25) is 0 Å². The minimum Gasteiger partial charge on any atom is -0.313 e. The molecule has 0 aliphatic heterocycles. The van der Waals surface area contributed by atoms with Crippen LogP contribution in [0, 0.1) is 5.92 Å². The molecule has 0 bridgehead atoms. The van der Waals surface area contributed by atoms with Crippen LogP contribution in [-0.4, -0.2) is 18.0 Å². The summed E-state index contributed by atoms with van der Waals surface area (Å²) in [4.78, 5) is 0. The molecule has 2 heteroatoms. The molecule has 0 aromatic carbocycles. The van der Waals surface area contributed by atoms with Gasteiger partial charge in [-0.1, -0.05) is 26.7 Å². The van der Waals surface area contributed by atoms with Gasteiger partial charge in [0.2, 0.25) is 0 Å². The SMILES string of the molecule is CC(C)CC(Cl)CNC1CCCC1. The largest absolute Gasteiger partial charge is 0.313 e. The van der Waals surface area contributed by atoms with Crippen molar-refractivity contribution < 1.29 is 0 Å². The zero-order valence-electron chi connectivity index (χ0n) is 8.85. The zero-order valence-corrected chi connectivity index (χ0v) is 9.61. The molecule has 1 saturated carbocycles. The zero-order chi connectivity index (χ0) is 9.68. The van der Waals surface area contributed by atoms with Gasteiger partial charge in [-0.05, 0) is 25.2 Å². The average Bonchev–Trinajstić information content (AvgIpc) is 2.51. The monoisotopic (exact) mass is 203 g/mol. The van der Waals surface area contributed by atoms with Crippen molar-refractivity contribution in [1.29, 1.82) is 0 Å². The first kappa shape index (κ1) is 11.3. The topological polar surface area (TPSA) is 12.0 Å². The Morgan fingerprint density at radius 1 is 1.31 bits per heavy atom. The number of nitrogens with one attached hydrogen (secondary N) is 1. The summed E-state index contributed by atoms with van der Waals surface area (Å²) in [6, 6.07) is 0.758. The van der Waals surface area contributed by atoms with Gasteiger partial charge in [0.25, 0.3) is 0 Å². The molecule has 0 heterocycles. The average molecular weight is 204 g/mol. The number of hydrogen-bond acceptors (Lipinski definition) is 1. The fraction of sp³-hybridized carbons (Fsp3) is 1.00. The van der Waals surface area contributed by atoms with Crippen LogP contribution in [0.4, 0.5) is 0 Å². The highest BCUT2D eigenvalue weighted by atomic mass is 35.5. The fourth-order valence-electron chi connectivity index (χ4n) is 2.02. The number of hydrogen-bond donors (Lipinski definition) is 1. The number of alkyl halides is 1. The maximum absolute atomic E-state index is 6.19. The van der Waals surface area contributed by atoms with Gasteiger partial charge in [-0.25, -0.2) is 0 Å². The van der Waals surface area contributed by atoms with Crippen molar-refractivity contribution in [3.05, 3.63) is 0 Å². The van der Waals surface area contributed by atoms with Crippen LogP contribution in [-0.2, 0) is 0 Å². The van der Waals surface area contributed by atoms with Crippen molar-refractivity contribution in [2.45, 2.75) is 57.4 Å². The third kappa shape index (κ3) is 4.87. The summed E-state index contributed by atoms with van der Waals surface area (Å²) in [6.45, 7) is 5.44. The first-order valence-corrected chi connectivity index (χ1v) is 5.99. The standard InChI is InChI=1S/C11H22ClN/c1-9(2)7-10(12)8-13-11-5-3-4-6-11/h9-11,13H,3-8H2,1-2H3. The summed E-state index contributed by atoms with van der Waals surface area (Å²) in [5, 5.41) is 3.87. The van der Waals surface area contributed by atoms with Crippen molar-refractivity contribution in [2.24, 2.45) is 5.92 Å². The molecule has 1 N–H and O–H groups in total. The summed E-state index contributed by atoms with van der Waals surface area (Å²) in [5.74, 6) is 0.716. The van der Waals surface area contributed by atoms with Crippen LogP contribution < -0.4 is 5.32 Å². The Labute approximate surface area is 87.2 Å². The summed E-state index contributed by atoms with van der Waals surface area (Å²) in [6.07, 6.45) is 6.63. The molecular weight excluding hydrogens is 182 g/mol. The van der Waals surface area contributed by atoms with Gasteiger partial charge in [-0.2, -0.15) is 0 Å². The fourth-order valence-corrected chi connectivity index (χ4v) is 2.46. The summed E-state index contributed by atoms with van der Waals surface area (Å²) < 4.78 is 0. The highest BCUT2D eigenvalue weighted by molar-refractivity contribution is 6.20. The van der Waals surface area contributed by atoms with Crippen LogP contribution in [0.25, 0.3) is 0 Å². The molecule has 78 valence electrons. The summed E-state index contributed by atoms with van der Waals surface area (Å²) >= 11 is 6.19. The molecule has 1 unspecified atom stereocenters. The summed E-state index contributed by atoms with van der Waals surface area (Å²) in [5.41, 5.74) is 0. The molecule has 1 nitrogen and oxygen atoms in total. The highest BCUT2D eigenvalue weighted by Crippen LogP contribution is 2.18. The molecule has 0 spiro atoms. The Morgan fingerprint density at radius 3 is 2.46 bits per heavy atom. The van der Waals surface area contributed by atoms with E-state index in [1.54, 1.807) is 0 Å². The molecule has 1 fully saturated rings. The van der Waals surface area contributed by atoms with Gasteiger partial charge < -0.3 is 5.32 Å². The van der Waals surface area contributed by atoms with Gasteiger partial charge >= 0.3 is 0 Å². The van der Waals surface area contributed by atoms with Crippen molar-refractivity contribution in [1.82, 2.24) is 5.32 Å². The Hall–Kier alpha value is 0.250. The third-order valence-electron chi connectivity index (χ3n) is 2.71. The van der Waals surface area contributed by atoms with Crippen LogP contribution in [0.1, 0.15) is 46.0 Å². The van der Waals surface area contributed by atoms with Gasteiger partial charge in [0, 0.05) is 18.0 Å². The number of rotatable bonds is 5. The van der Waals surface area contributed by atoms with Crippen molar-refractivity contribution in [2.75, 3.05) is 6.54 Å². The number of halogens is 1. The molecule has 1 atom stereocenters. The Bertz CT molecular complexity index is 130. The molecule has 1 rings (SSSR count).